The van der Waals surface area contributed by atoms with Crippen LogP contribution >= 0.6 is 0 Å². The molecule has 196 valence electrons. The Balaban J connectivity index is 1.28. The van der Waals surface area contributed by atoms with Gasteiger partial charge in [0.25, 0.3) is 0 Å². The van der Waals surface area contributed by atoms with Gasteiger partial charge in [0.2, 0.25) is 0 Å². The Kier molecular flexibility index (Phi) is 5.83. The molecule has 0 radical (unpaired) electrons. The van der Waals surface area contributed by atoms with Crippen molar-refractivity contribution in [3.63, 3.8) is 0 Å². The summed E-state index contributed by atoms with van der Waals surface area (Å²) in [6.07, 6.45) is 7.03. The van der Waals surface area contributed by atoms with Crippen molar-refractivity contribution in [2.24, 2.45) is 0 Å². The zero-order chi connectivity index (χ0) is 25.0. The van der Waals surface area contributed by atoms with Gasteiger partial charge in [-0.05, 0) is 68.7 Å². The summed E-state index contributed by atoms with van der Waals surface area (Å²) in [6.45, 7) is 3.41. The molecule has 3 aliphatic heterocycles. The van der Waals surface area contributed by atoms with Gasteiger partial charge < -0.3 is 18.9 Å². The zero-order valence-corrected chi connectivity index (χ0v) is 21.7. The number of nitrogens with zero attached hydrogens (tertiary/aromatic N) is 1. The second-order valence-electron chi connectivity index (χ2n) is 11.5. The van der Waals surface area contributed by atoms with Crippen molar-refractivity contribution in [1.29, 1.82) is 0 Å². The van der Waals surface area contributed by atoms with E-state index in [-0.39, 0.29) is 17.9 Å². The first-order valence-corrected chi connectivity index (χ1v) is 14.1. The van der Waals surface area contributed by atoms with Crippen LogP contribution in [0.2, 0.25) is 0 Å². The van der Waals surface area contributed by atoms with Crippen LogP contribution in [-0.4, -0.2) is 67.9 Å². The molecule has 2 aromatic rings. The first-order chi connectivity index (χ1) is 18.2. The van der Waals surface area contributed by atoms with Crippen LogP contribution in [0, 0.1) is 0 Å². The summed E-state index contributed by atoms with van der Waals surface area (Å²) >= 11 is 0. The molecule has 0 aromatic heterocycles. The van der Waals surface area contributed by atoms with Gasteiger partial charge in [0.1, 0.15) is 0 Å². The number of benzene rings is 2. The van der Waals surface area contributed by atoms with E-state index in [1.165, 1.54) is 16.7 Å². The average Bonchev–Trinajstić information content (AvgIpc) is 3.56. The number of ketones is 1. The number of piperidine rings is 1. The average molecular weight is 504 g/mol. The van der Waals surface area contributed by atoms with Crippen LogP contribution in [0.25, 0.3) is 0 Å². The van der Waals surface area contributed by atoms with Gasteiger partial charge in [-0.2, -0.15) is 0 Å². The first-order valence-electron chi connectivity index (χ1n) is 14.1. The van der Waals surface area contributed by atoms with E-state index in [0.29, 0.717) is 13.0 Å². The van der Waals surface area contributed by atoms with Crippen LogP contribution in [0.15, 0.2) is 42.5 Å². The fourth-order valence-corrected chi connectivity index (χ4v) is 8.27. The van der Waals surface area contributed by atoms with Gasteiger partial charge in [-0.25, -0.2) is 0 Å². The minimum atomic E-state index is -0.492. The fourth-order valence-electron chi connectivity index (χ4n) is 8.27. The minimum absolute atomic E-state index is 0.202. The van der Waals surface area contributed by atoms with Crippen molar-refractivity contribution in [3.8, 4) is 11.5 Å². The van der Waals surface area contributed by atoms with Crippen LogP contribution in [0.5, 0.6) is 11.5 Å². The van der Waals surface area contributed by atoms with Crippen molar-refractivity contribution < 1.29 is 23.7 Å². The Labute approximate surface area is 219 Å². The van der Waals surface area contributed by atoms with Crippen LogP contribution in [0.3, 0.4) is 0 Å². The van der Waals surface area contributed by atoms with E-state index in [1.807, 2.05) is 6.07 Å². The first kappa shape index (κ1) is 23.7. The van der Waals surface area contributed by atoms with Gasteiger partial charge in [-0.15, -0.1) is 0 Å². The van der Waals surface area contributed by atoms with Gasteiger partial charge in [0.05, 0.1) is 24.2 Å². The molecule has 3 heterocycles. The van der Waals surface area contributed by atoms with Gasteiger partial charge in [0, 0.05) is 37.8 Å². The summed E-state index contributed by atoms with van der Waals surface area (Å²) < 4.78 is 25.6. The molecule has 37 heavy (non-hydrogen) atoms. The quantitative estimate of drug-likeness (QED) is 0.502. The number of ether oxygens (including phenoxy) is 4. The highest BCUT2D eigenvalue weighted by molar-refractivity contribution is 5.90. The third-order valence-electron chi connectivity index (χ3n) is 9.81. The number of methoxy groups -OCH3 is 1. The van der Waals surface area contributed by atoms with Crippen molar-refractivity contribution in [2.45, 2.75) is 80.6 Å². The maximum absolute atomic E-state index is 13.5. The third-order valence-corrected chi connectivity index (χ3v) is 9.81. The number of aryl methyl sites for hydroxylation is 1. The number of hydrogen-bond donors (Lipinski definition) is 0. The summed E-state index contributed by atoms with van der Waals surface area (Å²) in [6, 6.07) is 15.0. The third kappa shape index (κ3) is 3.45. The fraction of sp³-hybridized carbons (Fsp3) is 0.581. The highest BCUT2D eigenvalue weighted by Gasteiger charge is 2.74. The highest BCUT2D eigenvalue weighted by atomic mass is 16.5. The smallest absolute Gasteiger partial charge is 0.174 e. The topological polar surface area (TPSA) is 57.2 Å². The number of Topliss-reactive ketones (excluding diaryl/α,β-unsaturated/α-hetero) is 1. The predicted octanol–water partition coefficient (Wildman–Crippen LogP) is 4.25. The Morgan fingerprint density at radius 3 is 2.84 bits per heavy atom. The lowest BCUT2D eigenvalue weighted by Crippen LogP contribution is -2.77. The van der Waals surface area contributed by atoms with Crippen LogP contribution in [0.4, 0.5) is 0 Å². The molecular weight excluding hydrogens is 466 g/mol. The summed E-state index contributed by atoms with van der Waals surface area (Å²) in [5, 5.41) is 0. The van der Waals surface area contributed by atoms with Gasteiger partial charge in [-0.3, -0.25) is 9.69 Å². The van der Waals surface area contributed by atoms with Crippen molar-refractivity contribution >= 4 is 5.78 Å². The van der Waals surface area contributed by atoms with Crippen LogP contribution in [-0.2, 0) is 32.5 Å². The molecule has 6 nitrogen and oxygen atoms in total. The maximum atomic E-state index is 13.5. The minimum Gasteiger partial charge on any atom is -0.493 e. The second-order valence-corrected chi connectivity index (χ2v) is 11.5. The van der Waals surface area contributed by atoms with E-state index in [0.717, 1.165) is 76.1 Å². The molecule has 2 saturated heterocycles. The lowest BCUT2D eigenvalue weighted by Gasteiger charge is -2.64. The Bertz CT molecular complexity index is 1180. The van der Waals surface area contributed by atoms with Crippen LogP contribution in [0.1, 0.15) is 55.2 Å². The summed E-state index contributed by atoms with van der Waals surface area (Å²) in [5.74, 6) is 1.72. The molecule has 1 spiro atoms. The molecule has 3 unspecified atom stereocenters. The second kappa shape index (κ2) is 9.11. The molecular formula is C31H37NO5. The van der Waals surface area contributed by atoms with Crippen molar-refractivity contribution in [2.75, 3.05) is 33.4 Å². The monoisotopic (exact) mass is 503 g/mol. The molecule has 2 aromatic carbocycles. The van der Waals surface area contributed by atoms with E-state index < -0.39 is 17.1 Å². The standard InChI is InChI=1S/C31H37NO5/c1-34-25-12-11-22-19-26-31(36-18-5-9-21-7-3-2-4-8-21)14-13-24(33)29-30(31,27(22)28(25)37-29)15-16-32(26)20-23-10-6-17-35-23/h2-4,7-8,11-12,23,26,29H,5-6,9-10,13-20H2,1H3/t23?,26?,29?,30-,31+/m0/s1. The van der Waals surface area contributed by atoms with E-state index in [4.69, 9.17) is 18.9 Å². The number of likely N-dealkylation sites (tertiary alicyclic amines) is 1. The lowest BCUT2D eigenvalue weighted by molar-refractivity contribution is -0.215. The van der Waals surface area contributed by atoms with Crippen molar-refractivity contribution in [1.82, 2.24) is 4.90 Å². The predicted molar refractivity (Wildman–Crippen MR) is 139 cm³/mol. The maximum Gasteiger partial charge on any atom is 0.174 e. The molecule has 5 aliphatic rings. The molecule has 3 fully saturated rings. The number of hydrogen-bond acceptors (Lipinski definition) is 6. The molecule has 5 atom stereocenters. The Hall–Kier alpha value is -2.41. The van der Waals surface area contributed by atoms with Gasteiger partial charge in [-0.1, -0.05) is 36.4 Å². The normalized spacial score (nSPS) is 33.8. The summed E-state index contributed by atoms with van der Waals surface area (Å²) in [4.78, 5) is 16.1. The molecule has 0 N–H and O–H groups in total. The van der Waals surface area contributed by atoms with E-state index in [9.17, 15) is 4.79 Å². The van der Waals surface area contributed by atoms with E-state index in [1.54, 1.807) is 7.11 Å². The highest BCUT2D eigenvalue weighted by Crippen LogP contribution is 2.66. The van der Waals surface area contributed by atoms with Gasteiger partial charge in [0.15, 0.2) is 23.4 Å². The van der Waals surface area contributed by atoms with E-state index in [2.05, 4.69) is 41.3 Å². The lowest BCUT2D eigenvalue weighted by atomic mass is 9.48. The number of carbonyl (C=O) groups excluding carboxylic acids is 1. The van der Waals surface area contributed by atoms with Crippen LogP contribution < -0.4 is 9.47 Å². The largest absolute Gasteiger partial charge is 0.493 e. The molecule has 0 amide bonds. The summed E-state index contributed by atoms with van der Waals surface area (Å²) in [5.41, 5.74) is 2.91. The molecule has 1 saturated carbocycles. The van der Waals surface area contributed by atoms with Crippen molar-refractivity contribution in [3.05, 3.63) is 59.2 Å². The number of carbonyl (C=O) groups is 1. The van der Waals surface area contributed by atoms with Gasteiger partial charge >= 0.3 is 0 Å². The SMILES string of the molecule is COc1ccc2c3c1OC1C(=O)CC[C@@]4(OCCCc5ccccc5)C(C2)N(CC2CCCO2)CC[C@]314. The number of rotatable bonds is 8. The molecule has 2 aliphatic carbocycles. The van der Waals surface area contributed by atoms with E-state index >= 15 is 0 Å². The molecule has 6 heteroatoms. The Morgan fingerprint density at radius 1 is 1.14 bits per heavy atom. The molecule has 7 rings (SSSR count). The molecule has 2 bridgehead atoms. The summed E-state index contributed by atoms with van der Waals surface area (Å²) in [7, 11) is 1.69. The zero-order valence-electron chi connectivity index (χ0n) is 21.7. The Morgan fingerprint density at radius 2 is 2.03 bits per heavy atom.